The van der Waals surface area contributed by atoms with Crippen LogP contribution < -0.4 is 0 Å². The van der Waals surface area contributed by atoms with Gasteiger partial charge in [-0.2, -0.15) is 8.42 Å². The lowest BCUT2D eigenvalue weighted by Crippen LogP contribution is -2.35. The lowest BCUT2D eigenvalue weighted by atomic mass is 10.1. The number of hydrogen-bond donors (Lipinski definition) is 0. The molecule has 19 heavy (non-hydrogen) atoms. The topological polar surface area (TPSA) is 52.6 Å². The van der Waals surface area contributed by atoms with Gasteiger partial charge in [-0.3, -0.25) is 4.18 Å². The largest absolute Gasteiger partial charge is 0.372 e. The number of halogens is 1. The predicted octanol–water partition coefficient (Wildman–Crippen LogP) is 2.86. The van der Waals surface area contributed by atoms with E-state index in [2.05, 4.69) is 15.9 Å². The predicted molar refractivity (Wildman–Crippen MR) is 73.3 cm³/mol. The minimum atomic E-state index is -3.70. The van der Waals surface area contributed by atoms with Gasteiger partial charge in [-0.25, -0.2) is 0 Å². The SMILES string of the molecule is O=S(=O)(O[C@@H]1CC[C@H]2CC[C@@H]1O2)c1ccc(Br)cc1. The van der Waals surface area contributed by atoms with Crippen molar-refractivity contribution in [3.8, 4) is 0 Å². The summed E-state index contributed by atoms with van der Waals surface area (Å²) in [5.41, 5.74) is 0. The lowest BCUT2D eigenvalue weighted by Gasteiger charge is -2.28. The fourth-order valence-corrected chi connectivity index (χ4v) is 4.08. The summed E-state index contributed by atoms with van der Waals surface area (Å²) in [4.78, 5) is 0.191. The Bertz CT molecular complexity index is 555. The smallest absolute Gasteiger partial charge is 0.297 e. The summed E-state index contributed by atoms with van der Waals surface area (Å²) >= 11 is 3.28. The van der Waals surface area contributed by atoms with E-state index in [0.29, 0.717) is 6.10 Å². The highest BCUT2D eigenvalue weighted by atomic mass is 79.9. The third kappa shape index (κ3) is 2.86. The zero-order chi connectivity index (χ0) is 13.5. The molecule has 0 unspecified atom stereocenters. The average molecular weight is 347 g/mol. The van der Waals surface area contributed by atoms with E-state index in [0.717, 1.165) is 30.2 Å². The molecule has 3 atom stereocenters. The summed E-state index contributed by atoms with van der Waals surface area (Å²) in [5, 5.41) is 0. The van der Waals surface area contributed by atoms with Gasteiger partial charge in [0.05, 0.1) is 17.1 Å². The molecule has 1 aromatic rings. The van der Waals surface area contributed by atoms with Gasteiger partial charge >= 0.3 is 0 Å². The molecule has 1 aromatic carbocycles. The van der Waals surface area contributed by atoms with Crippen LogP contribution in [0.15, 0.2) is 33.6 Å². The summed E-state index contributed by atoms with van der Waals surface area (Å²) in [6.45, 7) is 0. The quantitative estimate of drug-likeness (QED) is 0.789. The molecule has 2 heterocycles. The second-order valence-electron chi connectivity index (χ2n) is 4.99. The van der Waals surface area contributed by atoms with Gasteiger partial charge in [-0.15, -0.1) is 0 Å². The van der Waals surface area contributed by atoms with Gasteiger partial charge < -0.3 is 4.74 Å². The van der Waals surface area contributed by atoms with Crippen LogP contribution in [-0.4, -0.2) is 26.7 Å². The molecule has 104 valence electrons. The third-order valence-corrected chi connectivity index (χ3v) is 5.56. The number of ether oxygens (including phenoxy) is 1. The van der Waals surface area contributed by atoms with Crippen LogP contribution in [0.3, 0.4) is 0 Å². The standard InChI is InChI=1S/C13H15BrO4S/c14-9-1-5-11(6-2-9)19(15,16)18-13-8-4-10-3-7-12(13)17-10/h1-2,5-6,10,12-13H,3-4,7-8H2/t10-,12+,13-/m1/s1. The normalized spacial score (nSPS) is 30.5. The fourth-order valence-electron chi connectivity index (χ4n) is 2.68. The van der Waals surface area contributed by atoms with E-state index >= 15 is 0 Å². The molecule has 0 saturated carbocycles. The van der Waals surface area contributed by atoms with Gasteiger partial charge in [0, 0.05) is 4.47 Å². The molecule has 3 rings (SSSR count). The maximum Gasteiger partial charge on any atom is 0.297 e. The molecular weight excluding hydrogens is 332 g/mol. The maximum absolute atomic E-state index is 12.2. The summed E-state index contributed by atoms with van der Waals surface area (Å²) in [7, 11) is -3.70. The Hall–Kier alpha value is -0.430. The molecule has 0 aromatic heterocycles. The van der Waals surface area contributed by atoms with Crippen molar-refractivity contribution < 1.29 is 17.3 Å². The molecule has 6 heteroatoms. The zero-order valence-electron chi connectivity index (χ0n) is 10.3. The van der Waals surface area contributed by atoms with E-state index in [-0.39, 0.29) is 17.1 Å². The Balaban J connectivity index is 1.76. The number of hydrogen-bond acceptors (Lipinski definition) is 4. The first kappa shape index (κ1) is 13.5. The van der Waals surface area contributed by atoms with E-state index in [4.69, 9.17) is 8.92 Å². The molecule has 0 N–H and O–H groups in total. The van der Waals surface area contributed by atoms with Crippen molar-refractivity contribution in [2.75, 3.05) is 0 Å². The number of benzene rings is 1. The molecular formula is C13H15BrO4S. The van der Waals surface area contributed by atoms with Crippen LogP contribution in [0.5, 0.6) is 0 Å². The number of rotatable bonds is 3. The van der Waals surface area contributed by atoms with Crippen LogP contribution >= 0.6 is 15.9 Å². The van der Waals surface area contributed by atoms with Crippen molar-refractivity contribution >= 4 is 26.0 Å². The summed E-state index contributed by atoms with van der Waals surface area (Å²) in [6.07, 6.45) is 3.45. The monoisotopic (exact) mass is 346 g/mol. The Morgan fingerprint density at radius 2 is 1.79 bits per heavy atom. The summed E-state index contributed by atoms with van der Waals surface area (Å²) < 4.78 is 36.3. The van der Waals surface area contributed by atoms with Gasteiger partial charge in [-0.1, -0.05) is 15.9 Å². The van der Waals surface area contributed by atoms with Crippen LogP contribution in [0.2, 0.25) is 0 Å². The molecule has 0 spiro atoms. The zero-order valence-corrected chi connectivity index (χ0v) is 12.7. The summed E-state index contributed by atoms with van der Waals surface area (Å²) in [5.74, 6) is 0. The van der Waals surface area contributed by atoms with Crippen LogP contribution in [0.25, 0.3) is 0 Å². The van der Waals surface area contributed by atoms with E-state index < -0.39 is 10.1 Å². The van der Waals surface area contributed by atoms with E-state index in [1.54, 1.807) is 24.3 Å². The lowest BCUT2D eigenvalue weighted by molar-refractivity contribution is -0.0623. The molecule has 0 amide bonds. The van der Waals surface area contributed by atoms with Gasteiger partial charge in [0.25, 0.3) is 10.1 Å². The van der Waals surface area contributed by atoms with Crippen molar-refractivity contribution in [2.45, 2.75) is 48.9 Å². The van der Waals surface area contributed by atoms with Crippen LogP contribution in [-0.2, 0) is 19.0 Å². The van der Waals surface area contributed by atoms with Crippen LogP contribution in [0.4, 0.5) is 0 Å². The van der Waals surface area contributed by atoms with Crippen molar-refractivity contribution in [2.24, 2.45) is 0 Å². The van der Waals surface area contributed by atoms with Crippen LogP contribution in [0, 0.1) is 0 Å². The second kappa shape index (κ2) is 5.16. The highest BCUT2D eigenvalue weighted by Crippen LogP contribution is 2.35. The molecule has 2 aliphatic heterocycles. The Morgan fingerprint density at radius 1 is 1.11 bits per heavy atom. The van der Waals surface area contributed by atoms with Crippen molar-refractivity contribution in [1.82, 2.24) is 0 Å². The third-order valence-electron chi connectivity index (χ3n) is 3.68. The molecule has 0 radical (unpaired) electrons. The van der Waals surface area contributed by atoms with E-state index in [1.807, 2.05) is 0 Å². The maximum atomic E-state index is 12.2. The second-order valence-corrected chi connectivity index (χ2v) is 7.48. The Morgan fingerprint density at radius 3 is 2.53 bits per heavy atom. The van der Waals surface area contributed by atoms with Crippen molar-refractivity contribution in [3.05, 3.63) is 28.7 Å². The molecule has 0 aliphatic carbocycles. The molecule has 2 saturated heterocycles. The Kier molecular flexibility index (Phi) is 3.68. The fraction of sp³-hybridized carbons (Fsp3) is 0.538. The minimum absolute atomic E-state index is 0.0658. The Labute approximate surface area is 121 Å². The summed E-state index contributed by atoms with van der Waals surface area (Å²) in [6, 6.07) is 6.47. The average Bonchev–Trinajstić information content (AvgIpc) is 2.76. The van der Waals surface area contributed by atoms with Crippen LogP contribution in [0.1, 0.15) is 25.7 Å². The molecule has 2 fully saturated rings. The van der Waals surface area contributed by atoms with Gasteiger partial charge in [0.15, 0.2) is 0 Å². The first-order chi connectivity index (χ1) is 9.04. The van der Waals surface area contributed by atoms with E-state index in [1.165, 1.54) is 0 Å². The van der Waals surface area contributed by atoms with Gasteiger partial charge in [0.2, 0.25) is 0 Å². The van der Waals surface area contributed by atoms with Crippen molar-refractivity contribution in [3.63, 3.8) is 0 Å². The highest BCUT2D eigenvalue weighted by molar-refractivity contribution is 9.10. The van der Waals surface area contributed by atoms with E-state index in [9.17, 15) is 8.42 Å². The molecule has 2 bridgehead atoms. The van der Waals surface area contributed by atoms with Gasteiger partial charge in [-0.05, 0) is 49.9 Å². The number of fused-ring (bicyclic) bond motifs is 2. The highest BCUT2D eigenvalue weighted by Gasteiger charge is 2.39. The molecule has 4 nitrogen and oxygen atoms in total. The first-order valence-electron chi connectivity index (χ1n) is 6.39. The molecule has 2 aliphatic rings. The first-order valence-corrected chi connectivity index (χ1v) is 8.59. The van der Waals surface area contributed by atoms with Gasteiger partial charge in [0.1, 0.15) is 6.10 Å². The van der Waals surface area contributed by atoms with Crippen molar-refractivity contribution in [1.29, 1.82) is 0 Å². The minimum Gasteiger partial charge on any atom is -0.372 e.